The number of aryl methyl sites for hydroxylation is 1. The summed E-state index contributed by atoms with van der Waals surface area (Å²) in [5.74, 6) is -0.0304. The molecule has 1 aromatic carbocycles. The smallest absolute Gasteiger partial charge is 0.238 e. The van der Waals surface area contributed by atoms with E-state index in [1.165, 1.54) is 15.4 Å². The lowest BCUT2D eigenvalue weighted by Crippen LogP contribution is -2.47. The van der Waals surface area contributed by atoms with E-state index < -0.39 is 16.1 Å². The van der Waals surface area contributed by atoms with Crippen LogP contribution >= 0.6 is 0 Å². The Labute approximate surface area is 144 Å². The Balaban J connectivity index is 1.73. The highest BCUT2D eigenvalue weighted by Crippen LogP contribution is 2.30. The van der Waals surface area contributed by atoms with Gasteiger partial charge in [0.05, 0.1) is 11.8 Å². The summed E-state index contributed by atoms with van der Waals surface area (Å²) in [6.07, 6.45) is 4.94. The van der Waals surface area contributed by atoms with Crippen LogP contribution in [0.2, 0.25) is 0 Å². The van der Waals surface area contributed by atoms with Crippen LogP contribution in [0, 0.1) is 0 Å². The van der Waals surface area contributed by atoms with Crippen molar-refractivity contribution < 1.29 is 13.2 Å². The van der Waals surface area contributed by atoms with Crippen LogP contribution in [0.1, 0.15) is 56.2 Å². The second-order valence-corrected chi connectivity index (χ2v) is 8.78. The van der Waals surface area contributed by atoms with Gasteiger partial charge in [-0.3, -0.25) is 4.79 Å². The number of rotatable bonds is 5. The van der Waals surface area contributed by atoms with Crippen LogP contribution in [-0.2, 0) is 21.2 Å². The molecule has 1 N–H and O–H groups in total. The predicted molar refractivity (Wildman–Crippen MR) is 94.1 cm³/mol. The van der Waals surface area contributed by atoms with Crippen LogP contribution in [-0.4, -0.2) is 37.0 Å². The third kappa shape index (κ3) is 3.49. The van der Waals surface area contributed by atoms with Gasteiger partial charge in [0.15, 0.2) is 0 Å². The van der Waals surface area contributed by atoms with Crippen molar-refractivity contribution >= 4 is 15.9 Å². The standard InChI is InChI=1S/C18H26N2O3S/c1-2-13-24(22,23)20-12-6-11-17(20)18(21)19-16-10-5-8-14-7-3-4-9-15(14)16/h3-4,7,9,16-17H,2,5-6,8,10-13H2,1H3,(H,19,21). The van der Waals surface area contributed by atoms with Crippen molar-refractivity contribution in [3.63, 3.8) is 0 Å². The molecule has 1 aromatic rings. The minimum atomic E-state index is -3.33. The van der Waals surface area contributed by atoms with Gasteiger partial charge in [0.1, 0.15) is 6.04 Å². The number of sulfonamides is 1. The molecular formula is C18H26N2O3S. The lowest BCUT2D eigenvalue weighted by molar-refractivity contribution is -0.125. The van der Waals surface area contributed by atoms with Gasteiger partial charge in [-0.2, -0.15) is 4.31 Å². The average Bonchev–Trinajstić information content (AvgIpc) is 3.06. The van der Waals surface area contributed by atoms with Crippen LogP contribution in [0.5, 0.6) is 0 Å². The van der Waals surface area contributed by atoms with Gasteiger partial charge >= 0.3 is 0 Å². The number of benzene rings is 1. The largest absolute Gasteiger partial charge is 0.348 e. The van der Waals surface area contributed by atoms with Crippen LogP contribution in [0.15, 0.2) is 24.3 Å². The highest BCUT2D eigenvalue weighted by molar-refractivity contribution is 7.89. The van der Waals surface area contributed by atoms with Crippen molar-refractivity contribution in [2.45, 2.75) is 57.5 Å². The molecule has 2 aliphatic rings. The van der Waals surface area contributed by atoms with Crippen LogP contribution < -0.4 is 5.32 Å². The summed E-state index contributed by atoms with van der Waals surface area (Å²) in [5.41, 5.74) is 2.47. The van der Waals surface area contributed by atoms with E-state index >= 15 is 0 Å². The normalized spacial score (nSPS) is 24.5. The number of hydrogen-bond acceptors (Lipinski definition) is 3. The Hall–Kier alpha value is -1.40. The number of fused-ring (bicyclic) bond motifs is 1. The van der Waals surface area contributed by atoms with Gasteiger partial charge in [-0.05, 0) is 49.7 Å². The van der Waals surface area contributed by atoms with Crippen LogP contribution in [0.3, 0.4) is 0 Å². The zero-order valence-electron chi connectivity index (χ0n) is 14.2. The van der Waals surface area contributed by atoms with Crippen molar-refractivity contribution in [2.24, 2.45) is 0 Å². The van der Waals surface area contributed by atoms with E-state index in [4.69, 9.17) is 0 Å². The predicted octanol–water partition coefficient (Wildman–Crippen LogP) is 2.38. The van der Waals surface area contributed by atoms with Gasteiger partial charge in [0, 0.05) is 6.54 Å². The van der Waals surface area contributed by atoms with E-state index in [1.807, 2.05) is 19.1 Å². The second kappa shape index (κ2) is 7.23. The Bertz CT molecular complexity index is 702. The van der Waals surface area contributed by atoms with Gasteiger partial charge in [0.25, 0.3) is 0 Å². The molecule has 0 aromatic heterocycles. The number of carbonyl (C=O) groups excluding carboxylic acids is 1. The summed E-state index contributed by atoms with van der Waals surface area (Å²) in [4.78, 5) is 12.8. The zero-order valence-corrected chi connectivity index (χ0v) is 15.0. The quantitative estimate of drug-likeness (QED) is 0.887. The van der Waals surface area contributed by atoms with Crippen molar-refractivity contribution in [2.75, 3.05) is 12.3 Å². The fraction of sp³-hybridized carbons (Fsp3) is 0.611. The molecule has 6 heteroatoms. The molecule has 1 aliphatic heterocycles. The molecule has 5 nitrogen and oxygen atoms in total. The molecule has 132 valence electrons. The highest BCUT2D eigenvalue weighted by atomic mass is 32.2. The third-order valence-electron chi connectivity index (χ3n) is 5.01. The van der Waals surface area contributed by atoms with Crippen LogP contribution in [0.4, 0.5) is 0 Å². The summed E-state index contributed by atoms with van der Waals surface area (Å²) in [5, 5.41) is 3.12. The number of nitrogens with one attached hydrogen (secondary N) is 1. The van der Waals surface area contributed by atoms with E-state index in [-0.39, 0.29) is 17.7 Å². The van der Waals surface area contributed by atoms with Crippen molar-refractivity contribution in [1.82, 2.24) is 9.62 Å². The molecule has 1 heterocycles. The lowest BCUT2D eigenvalue weighted by atomic mass is 9.87. The van der Waals surface area contributed by atoms with Crippen molar-refractivity contribution in [3.05, 3.63) is 35.4 Å². The monoisotopic (exact) mass is 350 g/mol. The Kier molecular flexibility index (Phi) is 5.25. The summed E-state index contributed by atoms with van der Waals surface area (Å²) in [6.45, 7) is 2.31. The lowest BCUT2D eigenvalue weighted by Gasteiger charge is -2.29. The fourth-order valence-corrected chi connectivity index (χ4v) is 5.63. The minimum Gasteiger partial charge on any atom is -0.348 e. The van der Waals surface area contributed by atoms with E-state index in [2.05, 4.69) is 17.4 Å². The molecule has 0 bridgehead atoms. The molecule has 2 atom stereocenters. The molecule has 1 amide bonds. The molecule has 0 spiro atoms. The summed E-state index contributed by atoms with van der Waals surface area (Å²) >= 11 is 0. The van der Waals surface area contributed by atoms with Gasteiger partial charge < -0.3 is 5.32 Å². The number of hydrogen-bond donors (Lipinski definition) is 1. The molecule has 0 saturated carbocycles. The first-order valence-corrected chi connectivity index (χ1v) is 10.5. The Morgan fingerprint density at radius 3 is 2.83 bits per heavy atom. The third-order valence-corrected chi connectivity index (χ3v) is 7.09. The Morgan fingerprint density at radius 2 is 2.04 bits per heavy atom. The number of carbonyl (C=O) groups is 1. The summed E-state index contributed by atoms with van der Waals surface area (Å²) < 4.78 is 26.2. The van der Waals surface area contributed by atoms with Gasteiger partial charge in [-0.1, -0.05) is 31.2 Å². The first-order valence-electron chi connectivity index (χ1n) is 8.90. The van der Waals surface area contributed by atoms with Gasteiger partial charge in [-0.15, -0.1) is 0 Å². The molecule has 0 radical (unpaired) electrons. The zero-order chi connectivity index (χ0) is 17.2. The summed E-state index contributed by atoms with van der Waals surface area (Å²) in [6, 6.07) is 7.66. The number of amides is 1. The van der Waals surface area contributed by atoms with E-state index in [0.29, 0.717) is 19.4 Å². The maximum atomic E-state index is 12.8. The maximum absolute atomic E-state index is 12.8. The molecule has 1 saturated heterocycles. The van der Waals surface area contributed by atoms with Crippen LogP contribution in [0.25, 0.3) is 0 Å². The SMILES string of the molecule is CCCS(=O)(=O)N1CCCC1C(=O)NC1CCCc2ccccc21. The molecule has 2 unspecified atom stereocenters. The molecule has 3 rings (SSSR count). The van der Waals surface area contributed by atoms with E-state index in [9.17, 15) is 13.2 Å². The van der Waals surface area contributed by atoms with Gasteiger partial charge in [-0.25, -0.2) is 8.42 Å². The molecular weight excluding hydrogens is 324 g/mol. The van der Waals surface area contributed by atoms with Gasteiger partial charge in [0.2, 0.25) is 15.9 Å². The summed E-state index contributed by atoms with van der Waals surface area (Å²) in [7, 11) is -3.33. The maximum Gasteiger partial charge on any atom is 0.238 e. The van der Waals surface area contributed by atoms with E-state index in [0.717, 1.165) is 25.7 Å². The molecule has 24 heavy (non-hydrogen) atoms. The topological polar surface area (TPSA) is 66.5 Å². The minimum absolute atomic E-state index is 0.00113. The molecule has 1 fully saturated rings. The first kappa shape index (κ1) is 17.4. The van der Waals surface area contributed by atoms with E-state index in [1.54, 1.807) is 0 Å². The number of nitrogens with zero attached hydrogens (tertiary/aromatic N) is 1. The average molecular weight is 350 g/mol. The Morgan fingerprint density at radius 1 is 1.25 bits per heavy atom. The highest BCUT2D eigenvalue weighted by Gasteiger charge is 2.38. The van der Waals surface area contributed by atoms with Crippen molar-refractivity contribution in [1.29, 1.82) is 0 Å². The second-order valence-electron chi connectivity index (χ2n) is 6.74. The molecule has 1 aliphatic carbocycles. The fourth-order valence-electron chi connectivity index (χ4n) is 3.88. The first-order chi connectivity index (χ1) is 11.5. The van der Waals surface area contributed by atoms with Crippen molar-refractivity contribution in [3.8, 4) is 0 Å².